The van der Waals surface area contributed by atoms with E-state index in [1.807, 2.05) is 32.0 Å². The number of benzene rings is 2. The van der Waals surface area contributed by atoms with Gasteiger partial charge in [0.2, 0.25) is 5.91 Å². The molecule has 3 rings (SSSR count). The summed E-state index contributed by atoms with van der Waals surface area (Å²) < 4.78 is 16.1. The van der Waals surface area contributed by atoms with E-state index in [2.05, 4.69) is 5.32 Å². The number of rotatable bonds is 9. The van der Waals surface area contributed by atoms with E-state index in [-0.39, 0.29) is 37.4 Å². The molecule has 1 N–H and O–H groups in total. The standard InChI is InChI=1S/C23H26N2O6/c1-15-4-5-16(2)21(10-15)30-13-19(26)17-6-7-20-18(11-17)25(23(28)14-31-20)12-22(27)24-8-9-29-3/h4-7,10-11H,8-9,12-14H2,1-3H3,(H,24,27). The highest BCUT2D eigenvalue weighted by molar-refractivity contribution is 6.04. The molecule has 2 aromatic carbocycles. The number of amides is 2. The van der Waals surface area contributed by atoms with Crippen molar-refractivity contribution in [3.63, 3.8) is 0 Å². The summed E-state index contributed by atoms with van der Waals surface area (Å²) in [5.74, 6) is 0.167. The molecule has 0 bridgehead atoms. The average Bonchev–Trinajstić information content (AvgIpc) is 2.76. The molecule has 8 nitrogen and oxygen atoms in total. The van der Waals surface area contributed by atoms with Crippen LogP contribution in [0.3, 0.4) is 0 Å². The normalized spacial score (nSPS) is 12.7. The number of carbonyl (C=O) groups excluding carboxylic acids is 3. The molecule has 1 heterocycles. The van der Waals surface area contributed by atoms with Crippen molar-refractivity contribution in [3.8, 4) is 11.5 Å². The molecule has 0 radical (unpaired) electrons. The van der Waals surface area contributed by atoms with Gasteiger partial charge in [0, 0.05) is 19.2 Å². The Labute approximate surface area is 181 Å². The highest BCUT2D eigenvalue weighted by Crippen LogP contribution is 2.33. The van der Waals surface area contributed by atoms with Gasteiger partial charge in [-0.2, -0.15) is 0 Å². The molecule has 2 aromatic rings. The van der Waals surface area contributed by atoms with E-state index in [0.717, 1.165) is 11.1 Å². The number of carbonyl (C=O) groups is 3. The summed E-state index contributed by atoms with van der Waals surface area (Å²) in [7, 11) is 1.54. The number of Topliss-reactive ketones (excluding diaryl/α,β-unsaturated/α-hetero) is 1. The molecular formula is C23H26N2O6. The largest absolute Gasteiger partial charge is 0.485 e. The molecule has 0 aromatic heterocycles. The summed E-state index contributed by atoms with van der Waals surface area (Å²) in [4.78, 5) is 38.6. The van der Waals surface area contributed by atoms with Gasteiger partial charge in [0.25, 0.3) is 5.91 Å². The Bertz CT molecular complexity index is 988. The first kappa shape index (κ1) is 22.3. The second-order valence-electron chi connectivity index (χ2n) is 7.27. The van der Waals surface area contributed by atoms with Gasteiger partial charge < -0.3 is 19.5 Å². The predicted octanol–water partition coefficient (Wildman–Crippen LogP) is 2.05. The predicted molar refractivity (Wildman–Crippen MR) is 115 cm³/mol. The minimum Gasteiger partial charge on any atom is -0.485 e. The lowest BCUT2D eigenvalue weighted by atomic mass is 10.1. The lowest BCUT2D eigenvalue weighted by Gasteiger charge is -2.29. The fourth-order valence-electron chi connectivity index (χ4n) is 3.13. The Kier molecular flexibility index (Phi) is 7.25. The molecule has 0 fully saturated rings. The molecule has 31 heavy (non-hydrogen) atoms. The zero-order valence-corrected chi connectivity index (χ0v) is 17.9. The maximum Gasteiger partial charge on any atom is 0.265 e. The lowest BCUT2D eigenvalue weighted by molar-refractivity contribution is -0.125. The van der Waals surface area contributed by atoms with E-state index < -0.39 is 0 Å². The van der Waals surface area contributed by atoms with Gasteiger partial charge in [-0.25, -0.2) is 0 Å². The third-order valence-electron chi connectivity index (χ3n) is 4.86. The molecule has 0 atom stereocenters. The molecule has 0 unspecified atom stereocenters. The van der Waals surface area contributed by atoms with E-state index in [0.29, 0.717) is 35.9 Å². The number of ketones is 1. The van der Waals surface area contributed by atoms with Crippen molar-refractivity contribution >= 4 is 23.3 Å². The third kappa shape index (κ3) is 5.61. The Morgan fingerprint density at radius 3 is 2.74 bits per heavy atom. The molecule has 1 aliphatic rings. The molecule has 8 heteroatoms. The summed E-state index contributed by atoms with van der Waals surface area (Å²) in [5.41, 5.74) is 2.73. The molecule has 0 saturated heterocycles. The van der Waals surface area contributed by atoms with E-state index in [9.17, 15) is 14.4 Å². The number of aryl methyl sites for hydroxylation is 2. The zero-order valence-electron chi connectivity index (χ0n) is 17.9. The maximum absolute atomic E-state index is 12.7. The van der Waals surface area contributed by atoms with Crippen molar-refractivity contribution in [1.82, 2.24) is 5.32 Å². The lowest BCUT2D eigenvalue weighted by Crippen LogP contribution is -2.45. The van der Waals surface area contributed by atoms with Gasteiger partial charge in [-0.05, 0) is 49.2 Å². The number of hydrogen-bond donors (Lipinski definition) is 1. The topological polar surface area (TPSA) is 94.2 Å². The van der Waals surface area contributed by atoms with Gasteiger partial charge in [-0.3, -0.25) is 19.3 Å². The van der Waals surface area contributed by atoms with Crippen LogP contribution < -0.4 is 19.7 Å². The Morgan fingerprint density at radius 2 is 1.97 bits per heavy atom. The second-order valence-corrected chi connectivity index (χ2v) is 7.27. The van der Waals surface area contributed by atoms with Crippen LogP contribution in [0, 0.1) is 13.8 Å². The van der Waals surface area contributed by atoms with Crippen molar-refractivity contribution < 1.29 is 28.6 Å². The van der Waals surface area contributed by atoms with Crippen LogP contribution in [-0.2, 0) is 14.3 Å². The number of methoxy groups -OCH3 is 1. The monoisotopic (exact) mass is 426 g/mol. The van der Waals surface area contributed by atoms with Crippen molar-refractivity contribution in [2.45, 2.75) is 13.8 Å². The highest BCUT2D eigenvalue weighted by Gasteiger charge is 2.28. The van der Waals surface area contributed by atoms with Gasteiger partial charge in [0.05, 0.1) is 12.3 Å². The Morgan fingerprint density at radius 1 is 1.16 bits per heavy atom. The maximum atomic E-state index is 12.7. The van der Waals surface area contributed by atoms with Crippen LogP contribution in [0.2, 0.25) is 0 Å². The minimum atomic E-state index is -0.356. The van der Waals surface area contributed by atoms with Crippen LogP contribution in [0.5, 0.6) is 11.5 Å². The van der Waals surface area contributed by atoms with E-state index >= 15 is 0 Å². The Balaban J connectivity index is 1.73. The quantitative estimate of drug-likeness (QED) is 0.487. The SMILES string of the molecule is COCCNC(=O)CN1C(=O)COc2ccc(C(=O)COc3cc(C)ccc3C)cc21. The summed E-state index contributed by atoms with van der Waals surface area (Å²) in [6.07, 6.45) is 0. The first-order chi connectivity index (χ1) is 14.9. The number of ether oxygens (including phenoxy) is 3. The van der Waals surface area contributed by atoms with Crippen molar-refractivity contribution in [2.24, 2.45) is 0 Å². The first-order valence-corrected chi connectivity index (χ1v) is 9.95. The van der Waals surface area contributed by atoms with Crippen molar-refractivity contribution in [3.05, 3.63) is 53.1 Å². The molecule has 1 aliphatic heterocycles. The van der Waals surface area contributed by atoms with Gasteiger partial charge in [0.1, 0.15) is 18.0 Å². The average molecular weight is 426 g/mol. The smallest absolute Gasteiger partial charge is 0.265 e. The van der Waals surface area contributed by atoms with Crippen LogP contribution in [0.1, 0.15) is 21.5 Å². The van der Waals surface area contributed by atoms with Gasteiger partial charge in [-0.15, -0.1) is 0 Å². The van der Waals surface area contributed by atoms with Crippen LogP contribution in [-0.4, -0.2) is 57.6 Å². The summed E-state index contributed by atoms with van der Waals surface area (Å²) in [6, 6.07) is 10.6. The number of nitrogens with one attached hydrogen (secondary N) is 1. The molecule has 0 spiro atoms. The second kappa shape index (κ2) is 10.1. The van der Waals surface area contributed by atoms with E-state index in [1.165, 1.54) is 12.0 Å². The summed E-state index contributed by atoms with van der Waals surface area (Å²) in [6.45, 7) is 4.10. The molecule has 2 amide bonds. The highest BCUT2D eigenvalue weighted by atomic mass is 16.5. The van der Waals surface area contributed by atoms with E-state index in [4.69, 9.17) is 14.2 Å². The van der Waals surface area contributed by atoms with Gasteiger partial charge in [0.15, 0.2) is 19.0 Å². The fraction of sp³-hybridized carbons (Fsp3) is 0.348. The first-order valence-electron chi connectivity index (χ1n) is 9.95. The molecular weight excluding hydrogens is 400 g/mol. The number of anilines is 1. The van der Waals surface area contributed by atoms with Gasteiger partial charge in [-0.1, -0.05) is 12.1 Å². The Hall–Kier alpha value is -3.39. The van der Waals surface area contributed by atoms with Crippen LogP contribution in [0.15, 0.2) is 36.4 Å². The van der Waals surface area contributed by atoms with Crippen molar-refractivity contribution in [2.75, 3.05) is 44.9 Å². The van der Waals surface area contributed by atoms with Crippen LogP contribution in [0.25, 0.3) is 0 Å². The van der Waals surface area contributed by atoms with Crippen molar-refractivity contribution in [1.29, 1.82) is 0 Å². The number of nitrogens with zero attached hydrogens (tertiary/aromatic N) is 1. The third-order valence-corrected chi connectivity index (χ3v) is 4.86. The van der Waals surface area contributed by atoms with E-state index in [1.54, 1.807) is 18.2 Å². The molecule has 164 valence electrons. The minimum absolute atomic E-state index is 0.143. The van der Waals surface area contributed by atoms with Crippen LogP contribution in [0.4, 0.5) is 5.69 Å². The number of fused-ring (bicyclic) bond motifs is 1. The zero-order chi connectivity index (χ0) is 22.4. The fourth-order valence-corrected chi connectivity index (χ4v) is 3.13. The van der Waals surface area contributed by atoms with Crippen LogP contribution >= 0.6 is 0 Å². The molecule has 0 aliphatic carbocycles. The summed E-state index contributed by atoms with van der Waals surface area (Å²) >= 11 is 0. The number of hydrogen-bond acceptors (Lipinski definition) is 6. The van der Waals surface area contributed by atoms with Gasteiger partial charge >= 0.3 is 0 Å². The summed E-state index contributed by atoms with van der Waals surface area (Å²) in [5, 5.41) is 2.68. The molecule has 0 saturated carbocycles.